The molecule has 6 heteroatoms. The number of nitrogens with one attached hydrogen (secondary N) is 1. The van der Waals surface area contributed by atoms with E-state index in [0.29, 0.717) is 27.8 Å². The third-order valence-corrected chi connectivity index (χ3v) is 3.58. The number of methoxy groups -OCH3 is 1. The summed E-state index contributed by atoms with van der Waals surface area (Å²) in [6.07, 6.45) is 1.50. The van der Waals surface area contributed by atoms with E-state index in [1.807, 2.05) is 19.9 Å². The van der Waals surface area contributed by atoms with Crippen molar-refractivity contribution in [3.8, 4) is 17.6 Å². The van der Waals surface area contributed by atoms with E-state index in [1.165, 1.54) is 13.2 Å². The fourth-order valence-electron chi connectivity index (χ4n) is 2.17. The largest absolute Gasteiger partial charge is 0.493 e. The second-order valence-electron chi connectivity index (χ2n) is 5.71. The van der Waals surface area contributed by atoms with Crippen LogP contribution < -0.4 is 14.8 Å². The van der Waals surface area contributed by atoms with E-state index >= 15 is 0 Å². The first kappa shape index (κ1) is 19.4. The molecule has 2 rings (SSSR count). The number of benzene rings is 2. The van der Waals surface area contributed by atoms with Crippen molar-refractivity contribution >= 4 is 29.3 Å². The Labute approximate surface area is 157 Å². The summed E-state index contributed by atoms with van der Waals surface area (Å²) >= 11 is 5.82. The molecule has 2 aromatic rings. The summed E-state index contributed by atoms with van der Waals surface area (Å²) in [5.74, 6) is 0.628. The minimum absolute atomic E-state index is 0.00474. The van der Waals surface area contributed by atoms with E-state index in [2.05, 4.69) is 5.32 Å². The van der Waals surface area contributed by atoms with Crippen molar-refractivity contribution in [3.05, 3.63) is 58.6 Å². The van der Waals surface area contributed by atoms with Crippen molar-refractivity contribution in [2.24, 2.45) is 0 Å². The van der Waals surface area contributed by atoms with E-state index in [-0.39, 0.29) is 11.7 Å². The fraction of sp³-hybridized carbons (Fsp3) is 0.200. The number of carbonyl (C=O) groups is 1. The van der Waals surface area contributed by atoms with E-state index in [0.717, 1.165) is 0 Å². The predicted molar refractivity (Wildman–Crippen MR) is 102 cm³/mol. The molecule has 0 heterocycles. The predicted octanol–water partition coefficient (Wildman–Crippen LogP) is 4.68. The van der Waals surface area contributed by atoms with Crippen molar-refractivity contribution < 1.29 is 14.3 Å². The molecule has 5 nitrogen and oxygen atoms in total. The molecule has 0 saturated heterocycles. The number of nitrogens with zero attached hydrogens (tertiary/aromatic N) is 1. The van der Waals surface area contributed by atoms with Gasteiger partial charge >= 0.3 is 0 Å². The van der Waals surface area contributed by atoms with Gasteiger partial charge in [-0.2, -0.15) is 5.26 Å². The van der Waals surface area contributed by atoms with Gasteiger partial charge in [0.15, 0.2) is 11.5 Å². The molecule has 1 N–H and O–H groups in total. The maximum Gasteiger partial charge on any atom is 0.266 e. The van der Waals surface area contributed by atoms with Gasteiger partial charge in [-0.3, -0.25) is 4.79 Å². The number of anilines is 1. The van der Waals surface area contributed by atoms with Gasteiger partial charge < -0.3 is 14.8 Å². The Morgan fingerprint density at radius 2 is 1.88 bits per heavy atom. The summed E-state index contributed by atoms with van der Waals surface area (Å²) < 4.78 is 11.0. The Morgan fingerprint density at radius 1 is 1.19 bits per heavy atom. The van der Waals surface area contributed by atoms with E-state index in [4.69, 9.17) is 21.1 Å². The summed E-state index contributed by atoms with van der Waals surface area (Å²) in [5, 5.41) is 12.6. The van der Waals surface area contributed by atoms with Gasteiger partial charge in [0.05, 0.1) is 13.2 Å². The van der Waals surface area contributed by atoms with Crippen molar-refractivity contribution in [1.82, 2.24) is 0 Å². The van der Waals surface area contributed by atoms with Gasteiger partial charge in [-0.15, -0.1) is 0 Å². The minimum atomic E-state index is -0.503. The molecule has 0 fully saturated rings. The molecule has 0 saturated carbocycles. The summed E-state index contributed by atoms with van der Waals surface area (Å²) in [6.45, 7) is 3.84. The average molecular weight is 371 g/mol. The summed E-state index contributed by atoms with van der Waals surface area (Å²) in [6, 6.07) is 13.8. The van der Waals surface area contributed by atoms with Crippen molar-refractivity contribution in [1.29, 1.82) is 5.26 Å². The summed E-state index contributed by atoms with van der Waals surface area (Å²) in [4.78, 5) is 12.3. The Hall–Kier alpha value is -2.97. The Kier molecular flexibility index (Phi) is 6.65. The van der Waals surface area contributed by atoms with E-state index < -0.39 is 5.91 Å². The third kappa shape index (κ3) is 5.27. The van der Waals surface area contributed by atoms with E-state index in [9.17, 15) is 10.1 Å². The molecule has 0 unspecified atom stereocenters. The van der Waals surface area contributed by atoms with Crippen LogP contribution in [0.25, 0.3) is 6.08 Å². The monoisotopic (exact) mass is 370 g/mol. The summed E-state index contributed by atoms with van der Waals surface area (Å²) in [5.41, 5.74) is 1.18. The molecule has 0 aliphatic rings. The minimum Gasteiger partial charge on any atom is -0.493 e. The highest BCUT2D eigenvalue weighted by Crippen LogP contribution is 2.29. The number of rotatable bonds is 6. The van der Waals surface area contributed by atoms with Crippen LogP contribution in [0.1, 0.15) is 19.4 Å². The van der Waals surface area contributed by atoms with Gasteiger partial charge in [0.25, 0.3) is 5.91 Å². The molecule has 2 aromatic carbocycles. The lowest BCUT2D eigenvalue weighted by Crippen LogP contribution is -2.13. The zero-order valence-electron chi connectivity index (χ0n) is 14.7. The standard InChI is InChI=1S/C20H19ClN2O3/c1-13(2)26-18-9-4-14(11-19(18)25-3)10-15(12-22)20(24)23-17-7-5-16(21)6-8-17/h4-11,13H,1-3H3,(H,23,24). The second-order valence-corrected chi connectivity index (χ2v) is 6.14. The van der Waals surface area contributed by atoms with Crippen LogP contribution in [0.2, 0.25) is 5.02 Å². The maximum absolute atomic E-state index is 12.3. The topological polar surface area (TPSA) is 71.3 Å². The van der Waals surface area contributed by atoms with Crippen LogP contribution in [0.3, 0.4) is 0 Å². The molecule has 0 atom stereocenters. The number of nitriles is 1. The van der Waals surface area contributed by atoms with Gasteiger partial charge in [-0.1, -0.05) is 17.7 Å². The van der Waals surface area contributed by atoms with Crippen LogP contribution >= 0.6 is 11.6 Å². The number of carbonyl (C=O) groups excluding carboxylic acids is 1. The lowest BCUT2D eigenvalue weighted by molar-refractivity contribution is -0.112. The SMILES string of the molecule is COc1cc(C=C(C#N)C(=O)Nc2ccc(Cl)cc2)ccc1OC(C)C. The van der Waals surface area contributed by atoms with Crippen molar-refractivity contribution in [2.45, 2.75) is 20.0 Å². The van der Waals surface area contributed by atoms with E-state index in [1.54, 1.807) is 42.5 Å². The number of ether oxygens (including phenoxy) is 2. The quantitative estimate of drug-likeness (QED) is 0.592. The van der Waals surface area contributed by atoms with Gasteiger partial charge in [-0.25, -0.2) is 0 Å². The highest BCUT2D eigenvalue weighted by atomic mass is 35.5. The Bertz CT molecular complexity index is 852. The van der Waals surface area contributed by atoms with Crippen LogP contribution in [0.15, 0.2) is 48.0 Å². The smallest absolute Gasteiger partial charge is 0.266 e. The number of hydrogen-bond acceptors (Lipinski definition) is 4. The molecule has 0 aromatic heterocycles. The van der Waals surface area contributed by atoms with Crippen LogP contribution in [-0.4, -0.2) is 19.1 Å². The highest BCUT2D eigenvalue weighted by Gasteiger charge is 2.11. The molecule has 1 amide bonds. The average Bonchev–Trinajstić information content (AvgIpc) is 2.62. The lowest BCUT2D eigenvalue weighted by atomic mass is 10.1. The maximum atomic E-state index is 12.3. The Balaban J connectivity index is 2.23. The van der Waals surface area contributed by atoms with Gasteiger partial charge in [0.1, 0.15) is 11.6 Å². The van der Waals surface area contributed by atoms with Crippen LogP contribution in [0, 0.1) is 11.3 Å². The van der Waals surface area contributed by atoms with Crippen LogP contribution in [0.4, 0.5) is 5.69 Å². The number of halogens is 1. The van der Waals surface area contributed by atoms with Crippen LogP contribution in [-0.2, 0) is 4.79 Å². The first-order chi connectivity index (χ1) is 12.4. The fourth-order valence-corrected chi connectivity index (χ4v) is 2.30. The normalized spacial score (nSPS) is 11.0. The first-order valence-corrected chi connectivity index (χ1v) is 8.34. The molecule has 134 valence electrons. The van der Waals surface area contributed by atoms with Gasteiger partial charge in [0, 0.05) is 10.7 Å². The molecule has 0 aliphatic heterocycles. The number of hydrogen-bond donors (Lipinski definition) is 1. The van der Waals surface area contributed by atoms with Gasteiger partial charge in [-0.05, 0) is 61.9 Å². The Morgan fingerprint density at radius 3 is 2.46 bits per heavy atom. The lowest BCUT2D eigenvalue weighted by Gasteiger charge is -2.13. The zero-order valence-corrected chi connectivity index (χ0v) is 15.5. The van der Waals surface area contributed by atoms with Crippen molar-refractivity contribution in [3.63, 3.8) is 0 Å². The molecule has 0 bridgehead atoms. The molecular formula is C20H19ClN2O3. The second kappa shape index (κ2) is 8.93. The van der Waals surface area contributed by atoms with Crippen molar-refractivity contribution in [2.75, 3.05) is 12.4 Å². The molecule has 0 radical (unpaired) electrons. The third-order valence-electron chi connectivity index (χ3n) is 3.33. The number of amides is 1. The zero-order chi connectivity index (χ0) is 19.1. The molecule has 0 aliphatic carbocycles. The molecule has 26 heavy (non-hydrogen) atoms. The molecular weight excluding hydrogens is 352 g/mol. The first-order valence-electron chi connectivity index (χ1n) is 7.96. The summed E-state index contributed by atoms with van der Waals surface area (Å²) in [7, 11) is 1.54. The van der Waals surface area contributed by atoms with Crippen LogP contribution in [0.5, 0.6) is 11.5 Å². The highest BCUT2D eigenvalue weighted by molar-refractivity contribution is 6.30. The molecule has 0 spiro atoms. The van der Waals surface area contributed by atoms with Gasteiger partial charge in [0.2, 0.25) is 0 Å².